The van der Waals surface area contributed by atoms with Crippen molar-refractivity contribution in [2.45, 2.75) is 19.5 Å². The predicted octanol–water partition coefficient (Wildman–Crippen LogP) is 2.50. The minimum Gasteiger partial charge on any atom is -0.346 e. The van der Waals surface area contributed by atoms with E-state index in [4.69, 9.17) is 16.9 Å². The van der Waals surface area contributed by atoms with Crippen LogP contribution in [0.1, 0.15) is 28.5 Å². The molecule has 0 aliphatic carbocycles. The Bertz CT molecular complexity index is 1120. The number of nitriles is 2. The molecule has 1 N–H and O–H groups in total. The number of amides is 1. The van der Waals surface area contributed by atoms with Gasteiger partial charge in [0.25, 0.3) is 5.91 Å². The Kier molecular flexibility index (Phi) is 5.44. The van der Waals surface area contributed by atoms with Crippen molar-refractivity contribution in [1.29, 1.82) is 10.5 Å². The summed E-state index contributed by atoms with van der Waals surface area (Å²) in [5.41, 5.74) is 2.18. The molecule has 0 aliphatic rings. The SMILES string of the molecule is C[C@@H](Cn1cc(C#N)c(-c2ccc(C#N)c(Cl)c2)n1)NC(=O)c1cn(C)cn1. The van der Waals surface area contributed by atoms with Gasteiger partial charge in [-0.3, -0.25) is 9.48 Å². The average molecular weight is 394 g/mol. The van der Waals surface area contributed by atoms with Crippen LogP contribution in [0.5, 0.6) is 0 Å². The van der Waals surface area contributed by atoms with Crippen molar-refractivity contribution < 1.29 is 4.79 Å². The Morgan fingerprint density at radius 1 is 1.29 bits per heavy atom. The molecule has 0 fully saturated rings. The van der Waals surface area contributed by atoms with E-state index in [0.717, 1.165) is 0 Å². The van der Waals surface area contributed by atoms with E-state index in [1.807, 2.05) is 13.0 Å². The summed E-state index contributed by atoms with van der Waals surface area (Å²) < 4.78 is 3.30. The maximum absolute atomic E-state index is 12.2. The monoisotopic (exact) mass is 393 g/mol. The van der Waals surface area contributed by atoms with Crippen LogP contribution in [0.3, 0.4) is 0 Å². The van der Waals surface area contributed by atoms with Crippen LogP contribution in [-0.4, -0.2) is 31.3 Å². The van der Waals surface area contributed by atoms with E-state index in [2.05, 4.69) is 21.5 Å². The number of nitrogens with one attached hydrogen (secondary N) is 1. The molecule has 0 saturated carbocycles. The number of nitrogens with zero attached hydrogens (tertiary/aromatic N) is 6. The molecule has 0 bridgehead atoms. The van der Waals surface area contributed by atoms with Crippen molar-refractivity contribution in [3.05, 3.63) is 58.8 Å². The first kappa shape index (κ1) is 19.2. The summed E-state index contributed by atoms with van der Waals surface area (Å²) in [6.07, 6.45) is 4.81. The highest BCUT2D eigenvalue weighted by Crippen LogP contribution is 2.26. The lowest BCUT2D eigenvalue weighted by Crippen LogP contribution is -2.36. The fourth-order valence-electron chi connectivity index (χ4n) is 2.72. The second-order valence-corrected chi connectivity index (χ2v) is 6.74. The van der Waals surface area contributed by atoms with Gasteiger partial charge in [0.1, 0.15) is 23.5 Å². The third kappa shape index (κ3) is 4.03. The van der Waals surface area contributed by atoms with E-state index in [-0.39, 0.29) is 11.9 Å². The molecular weight excluding hydrogens is 378 g/mol. The van der Waals surface area contributed by atoms with Gasteiger partial charge in [-0.05, 0) is 19.1 Å². The molecule has 1 aromatic carbocycles. The Morgan fingerprint density at radius 2 is 2.04 bits per heavy atom. The average Bonchev–Trinajstić information content (AvgIpc) is 3.27. The summed E-state index contributed by atoms with van der Waals surface area (Å²) in [6.45, 7) is 2.21. The van der Waals surface area contributed by atoms with Crippen molar-refractivity contribution in [1.82, 2.24) is 24.6 Å². The zero-order chi connectivity index (χ0) is 20.3. The summed E-state index contributed by atoms with van der Waals surface area (Å²) in [6, 6.07) is 8.77. The fourth-order valence-corrected chi connectivity index (χ4v) is 2.94. The zero-order valence-corrected chi connectivity index (χ0v) is 16.0. The van der Waals surface area contributed by atoms with Crippen molar-refractivity contribution in [3.8, 4) is 23.4 Å². The molecule has 1 atom stereocenters. The number of carbonyl (C=O) groups excluding carboxylic acids is 1. The highest BCUT2D eigenvalue weighted by molar-refractivity contribution is 6.32. The van der Waals surface area contributed by atoms with Crippen molar-refractivity contribution in [2.75, 3.05) is 0 Å². The molecule has 3 rings (SSSR count). The first-order chi connectivity index (χ1) is 13.4. The van der Waals surface area contributed by atoms with Gasteiger partial charge in [-0.15, -0.1) is 0 Å². The van der Waals surface area contributed by atoms with E-state index in [0.29, 0.717) is 39.6 Å². The topological polar surface area (TPSA) is 112 Å². The second-order valence-electron chi connectivity index (χ2n) is 6.33. The summed E-state index contributed by atoms with van der Waals surface area (Å²) in [5.74, 6) is -0.278. The van der Waals surface area contributed by atoms with Gasteiger partial charge in [0, 0.05) is 31.0 Å². The number of hydrogen-bond donors (Lipinski definition) is 1. The standard InChI is InChI=1S/C19H16ClN7O/c1-12(24-19(28)17-10-26(2)11-23-17)8-27-9-15(7-22)18(25-27)13-3-4-14(6-21)16(20)5-13/h3-5,9-12H,8H2,1-2H3,(H,24,28)/t12-/m0/s1. The Balaban J connectivity index is 1.77. The van der Waals surface area contributed by atoms with Gasteiger partial charge in [-0.2, -0.15) is 15.6 Å². The quantitative estimate of drug-likeness (QED) is 0.715. The summed E-state index contributed by atoms with van der Waals surface area (Å²) in [4.78, 5) is 16.2. The largest absolute Gasteiger partial charge is 0.346 e. The Hall–Kier alpha value is -3.62. The normalized spacial score (nSPS) is 11.5. The van der Waals surface area contributed by atoms with Crippen LogP contribution in [-0.2, 0) is 13.6 Å². The molecule has 8 nitrogen and oxygen atoms in total. The molecule has 2 aromatic heterocycles. The van der Waals surface area contributed by atoms with Crippen molar-refractivity contribution >= 4 is 17.5 Å². The summed E-state index contributed by atoms with van der Waals surface area (Å²) >= 11 is 6.09. The number of benzene rings is 1. The van der Waals surface area contributed by atoms with Gasteiger partial charge in [0.05, 0.1) is 29.0 Å². The maximum Gasteiger partial charge on any atom is 0.271 e. The minimum absolute atomic E-state index is 0.238. The van der Waals surface area contributed by atoms with Gasteiger partial charge in [-0.1, -0.05) is 17.7 Å². The van der Waals surface area contributed by atoms with Crippen LogP contribution in [0.4, 0.5) is 0 Å². The second kappa shape index (κ2) is 7.95. The molecule has 140 valence electrons. The number of aryl methyl sites for hydroxylation is 1. The minimum atomic E-state index is -0.278. The number of imidazole rings is 1. The Labute approximate surface area is 166 Å². The number of carbonyl (C=O) groups is 1. The molecule has 0 radical (unpaired) electrons. The first-order valence-corrected chi connectivity index (χ1v) is 8.75. The molecule has 9 heteroatoms. The van der Waals surface area contributed by atoms with Crippen LogP contribution in [0.25, 0.3) is 11.3 Å². The van der Waals surface area contributed by atoms with Crippen LogP contribution >= 0.6 is 11.6 Å². The molecule has 3 aromatic rings. The summed E-state index contributed by atoms with van der Waals surface area (Å²) in [5, 5.41) is 26.0. The van der Waals surface area contributed by atoms with E-state index in [1.54, 1.807) is 53.2 Å². The molecule has 0 spiro atoms. The third-order valence-corrected chi connectivity index (χ3v) is 4.33. The van der Waals surface area contributed by atoms with Gasteiger partial charge < -0.3 is 9.88 Å². The molecule has 0 unspecified atom stereocenters. The van der Waals surface area contributed by atoms with Crippen molar-refractivity contribution in [3.63, 3.8) is 0 Å². The van der Waals surface area contributed by atoms with Crippen LogP contribution < -0.4 is 5.32 Å². The van der Waals surface area contributed by atoms with E-state index in [1.165, 1.54) is 0 Å². The third-order valence-electron chi connectivity index (χ3n) is 4.02. The molecule has 28 heavy (non-hydrogen) atoms. The number of hydrogen-bond acceptors (Lipinski definition) is 5. The van der Waals surface area contributed by atoms with Crippen LogP contribution in [0, 0.1) is 22.7 Å². The van der Waals surface area contributed by atoms with E-state index < -0.39 is 0 Å². The highest BCUT2D eigenvalue weighted by atomic mass is 35.5. The van der Waals surface area contributed by atoms with Gasteiger partial charge in [0.2, 0.25) is 0 Å². The lowest BCUT2D eigenvalue weighted by Gasteiger charge is -2.13. The molecule has 0 aliphatic heterocycles. The maximum atomic E-state index is 12.2. The Morgan fingerprint density at radius 3 is 2.64 bits per heavy atom. The fraction of sp³-hybridized carbons (Fsp3) is 0.211. The first-order valence-electron chi connectivity index (χ1n) is 8.37. The highest BCUT2D eigenvalue weighted by Gasteiger charge is 2.16. The number of aromatic nitrogens is 4. The van der Waals surface area contributed by atoms with Gasteiger partial charge in [0.15, 0.2) is 0 Å². The van der Waals surface area contributed by atoms with Gasteiger partial charge >= 0.3 is 0 Å². The lowest BCUT2D eigenvalue weighted by molar-refractivity contribution is 0.0931. The predicted molar refractivity (Wildman–Crippen MR) is 102 cm³/mol. The van der Waals surface area contributed by atoms with E-state index in [9.17, 15) is 10.1 Å². The molecular formula is C19H16ClN7O. The van der Waals surface area contributed by atoms with Crippen molar-refractivity contribution in [2.24, 2.45) is 7.05 Å². The summed E-state index contributed by atoms with van der Waals surface area (Å²) in [7, 11) is 1.79. The zero-order valence-electron chi connectivity index (χ0n) is 15.2. The van der Waals surface area contributed by atoms with Crippen LogP contribution in [0.2, 0.25) is 5.02 Å². The number of rotatable bonds is 5. The van der Waals surface area contributed by atoms with E-state index >= 15 is 0 Å². The molecule has 1 amide bonds. The van der Waals surface area contributed by atoms with Crippen LogP contribution in [0.15, 0.2) is 36.9 Å². The lowest BCUT2D eigenvalue weighted by atomic mass is 10.1. The molecule has 2 heterocycles. The number of halogens is 1. The van der Waals surface area contributed by atoms with Gasteiger partial charge in [-0.25, -0.2) is 4.98 Å². The molecule has 0 saturated heterocycles. The smallest absolute Gasteiger partial charge is 0.271 e.